The second kappa shape index (κ2) is 8.23. The maximum Gasteiger partial charge on any atom is 0.240 e. The Balaban J connectivity index is 2.61. The number of ether oxygens (including phenoxy) is 1. The molecular formula is C14H22N2O4S. The molecule has 0 atom stereocenters. The standard InChI is InChI=1S/C14H22N2O4S/c1-12(17)13-5-4-6-14(11-13)21(18,19)15-7-8-16(2)9-10-20-3/h4-6,11,15H,7-10H2,1-3H3. The SMILES string of the molecule is COCCN(C)CCNS(=O)(=O)c1cccc(C(C)=O)c1. The zero-order chi connectivity index (χ0) is 15.9. The summed E-state index contributed by atoms with van der Waals surface area (Å²) in [6.07, 6.45) is 0. The van der Waals surface area contributed by atoms with Crippen LogP contribution in [0.3, 0.4) is 0 Å². The molecule has 1 aromatic carbocycles. The lowest BCUT2D eigenvalue weighted by Gasteiger charge is -2.16. The average molecular weight is 314 g/mol. The molecule has 118 valence electrons. The van der Waals surface area contributed by atoms with Crippen LogP contribution in [0.4, 0.5) is 0 Å². The molecule has 0 aliphatic carbocycles. The Kier molecular flexibility index (Phi) is 6.97. The second-order valence-electron chi connectivity index (χ2n) is 4.78. The molecule has 1 N–H and O–H groups in total. The zero-order valence-corrected chi connectivity index (χ0v) is 13.4. The van der Waals surface area contributed by atoms with E-state index in [0.717, 1.165) is 6.54 Å². The molecule has 0 bridgehead atoms. The third kappa shape index (κ3) is 5.92. The number of carbonyl (C=O) groups is 1. The summed E-state index contributed by atoms with van der Waals surface area (Å²) in [7, 11) is -0.0765. The maximum atomic E-state index is 12.1. The number of sulfonamides is 1. The smallest absolute Gasteiger partial charge is 0.240 e. The van der Waals surface area contributed by atoms with Gasteiger partial charge in [-0.15, -0.1) is 0 Å². The van der Waals surface area contributed by atoms with Gasteiger partial charge in [0.1, 0.15) is 0 Å². The van der Waals surface area contributed by atoms with E-state index in [1.165, 1.54) is 19.1 Å². The van der Waals surface area contributed by atoms with E-state index in [-0.39, 0.29) is 10.7 Å². The van der Waals surface area contributed by atoms with Gasteiger partial charge in [-0.2, -0.15) is 0 Å². The Morgan fingerprint density at radius 2 is 2.05 bits per heavy atom. The van der Waals surface area contributed by atoms with Crippen molar-refractivity contribution in [1.29, 1.82) is 0 Å². The largest absolute Gasteiger partial charge is 0.383 e. The van der Waals surface area contributed by atoms with E-state index < -0.39 is 10.0 Å². The molecule has 0 amide bonds. The maximum absolute atomic E-state index is 12.1. The molecule has 0 fully saturated rings. The number of hydrogen-bond acceptors (Lipinski definition) is 5. The van der Waals surface area contributed by atoms with Crippen LogP contribution in [-0.4, -0.2) is 59.5 Å². The van der Waals surface area contributed by atoms with E-state index in [1.54, 1.807) is 19.2 Å². The van der Waals surface area contributed by atoms with Crippen molar-refractivity contribution in [3.05, 3.63) is 29.8 Å². The van der Waals surface area contributed by atoms with Crippen LogP contribution in [0.2, 0.25) is 0 Å². The number of carbonyl (C=O) groups excluding carboxylic acids is 1. The lowest BCUT2D eigenvalue weighted by Crippen LogP contribution is -2.34. The number of methoxy groups -OCH3 is 1. The molecule has 0 heterocycles. The first-order valence-electron chi connectivity index (χ1n) is 6.65. The van der Waals surface area contributed by atoms with Crippen molar-refractivity contribution in [1.82, 2.24) is 9.62 Å². The topological polar surface area (TPSA) is 75.7 Å². The highest BCUT2D eigenvalue weighted by Gasteiger charge is 2.15. The Morgan fingerprint density at radius 1 is 1.33 bits per heavy atom. The van der Waals surface area contributed by atoms with E-state index >= 15 is 0 Å². The number of nitrogens with zero attached hydrogens (tertiary/aromatic N) is 1. The molecule has 0 radical (unpaired) electrons. The van der Waals surface area contributed by atoms with E-state index in [4.69, 9.17) is 4.74 Å². The fourth-order valence-corrected chi connectivity index (χ4v) is 2.76. The summed E-state index contributed by atoms with van der Waals surface area (Å²) in [4.78, 5) is 13.4. The minimum absolute atomic E-state index is 0.106. The highest BCUT2D eigenvalue weighted by Crippen LogP contribution is 2.11. The molecule has 0 aliphatic rings. The number of benzene rings is 1. The van der Waals surface area contributed by atoms with Gasteiger partial charge in [-0.1, -0.05) is 12.1 Å². The summed E-state index contributed by atoms with van der Waals surface area (Å²) in [5.74, 6) is -0.161. The van der Waals surface area contributed by atoms with Crippen molar-refractivity contribution in [2.45, 2.75) is 11.8 Å². The molecule has 7 heteroatoms. The fourth-order valence-electron chi connectivity index (χ4n) is 1.70. The van der Waals surface area contributed by atoms with Gasteiger partial charge in [-0.25, -0.2) is 13.1 Å². The van der Waals surface area contributed by atoms with Gasteiger partial charge in [0.05, 0.1) is 11.5 Å². The van der Waals surface area contributed by atoms with Crippen molar-refractivity contribution >= 4 is 15.8 Å². The summed E-state index contributed by atoms with van der Waals surface area (Å²) in [6.45, 7) is 3.62. The Labute approximate surface area is 126 Å². The predicted octanol–water partition coefficient (Wildman–Crippen LogP) is 0.746. The van der Waals surface area contributed by atoms with Crippen LogP contribution in [0.5, 0.6) is 0 Å². The molecule has 21 heavy (non-hydrogen) atoms. The summed E-state index contributed by atoms with van der Waals surface area (Å²) in [6, 6.07) is 6.03. The Bertz CT molecular complexity index is 572. The molecule has 6 nitrogen and oxygen atoms in total. The molecule has 0 unspecified atom stereocenters. The van der Waals surface area contributed by atoms with Crippen LogP contribution in [-0.2, 0) is 14.8 Å². The third-order valence-electron chi connectivity index (χ3n) is 3.01. The van der Waals surface area contributed by atoms with Crippen LogP contribution >= 0.6 is 0 Å². The molecule has 1 rings (SSSR count). The van der Waals surface area contributed by atoms with E-state index in [1.807, 2.05) is 11.9 Å². The van der Waals surface area contributed by atoms with E-state index in [9.17, 15) is 13.2 Å². The van der Waals surface area contributed by atoms with Crippen LogP contribution in [0.15, 0.2) is 29.2 Å². The van der Waals surface area contributed by atoms with Crippen molar-refractivity contribution in [2.24, 2.45) is 0 Å². The van der Waals surface area contributed by atoms with Crippen molar-refractivity contribution < 1.29 is 17.9 Å². The monoisotopic (exact) mass is 314 g/mol. The Morgan fingerprint density at radius 3 is 2.67 bits per heavy atom. The van der Waals surface area contributed by atoms with Gasteiger partial charge in [-0.3, -0.25) is 4.79 Å². The summed E-state index contributed by atoms with van der Waals surface area (Å²) < 4.78 is 31.8. The van der Waals surface area contributed by atoms with Gasteiger partial charge < -0.3 is 9.64 Å². The van der Waals surface area contributed by atoms with Crippen LogP contribution in [0.25, 0.3) is 0 Å². The predicted molar refractivity (Wildman–Crippen MR) is 81.0 cm³/mol. The normalized spacial score (nSPS) is 11.8. The van der Waals surface area contributed by atoms with Crippen LogP contribution < -0.4 is 4.72 Å². The molecule has 0 aromatic heterocycles. The highest BCUT2D eigenvalue weighted by molar-refractivity contribution is 7.89. The third-order valence-corrected chi connectivity index (χ3v) is 4.47. The number of ketones is 1. The second-order valence-corrected chi connectivity index (χ2v) is 6.54. The summed E-state index contributed by atoms with van der Waals surface area (Å²) in [5.41, 5.74) is 0.384. The molecule has 1 aromatic rings. The van der Waals surface area contributed by atoms with Crippen molar-refractivity contribution in [3.8, 4) is 0 Å². The lowest BCUT2D eigenvalue weighted by molar-refractivity contribution is 0.101. The van der Waals surface area contributed by atoms with Gasteiger partial charge >= 0.3 is 0 Å². The average Bonchev–Trinajstić information content (AvgIpc) is 2.45. The van der Waals surface area contributed by atoms with E-state index in [2.05, 4.69) is 4.72 Å². The number of Topliss-reactive ketones (excluding diaryl/α,β-unsaturated/α-hetero) is 1. The lowest BCUT2D eigenvalue weighted by atomic mass is 10.2. The minimum Gasteiger partial charge on any atom is -0.383 e. The number of nitrogens with one attached hydrogen (secondary N) is 1. The van der Waals surface area contributed by atoms with Gasteiger partial charge in [-0.05, 0) is 26.1 Å². The van der Waals surface area contributed by atoms with Crippen LogP contribution in [0.1, 0.15) is 17.3 Å². The van der Waals surface area contributed by atoms with Gasteiger partial charge in [0.25, 0.3) is 0 Å². The molecule has 0 saturated carbocycles. The molecule has 0 spiro atoms. The van der Waals surface area contributed by atoms with Crippen molar-refractivity contribution in [2.75, 3.05) is 40.4 Å². The van der Waals surface area contributed by atoms with Gasteiger partial charge in [0, 0.05) is 32.3 Å². The summed E-state index contributed by atoms with van der Waals surface area (Å²) in [5, 5.41) is 0. The zero-order valence-electron chi connectivity index (χ0n) is 12.6. The first kappa shape index (κ1) is 17.8. The fraction of sp³-hybridized carbons (Fsp3) is 0.500. The minimum atomic E-state index is -3.59. The van der Waals surface area contributed by atoms with Gasteiger partial charge in [0.2, 0.25) is 10.0 Å². The quantitative estimate of drug-likeness (QED) is 0.681. The first-order chi connectivity index (χ1) is 9.86. The van der Waals surface area contributed by atoms with Gasteiger partial charge in [0.15, 0.2) is 5.78 Å². The molecule has 0 aliphatic heterocycles. The highest BCUT2D eigenvalue weighted by atomic mass is 32.2. The number of hydrogen-bond donors (Lipinski definition) is 1. The number of rotatable bonds is 9. The van der Waals surface area contributed by atoms with Crippen molar-refractivity contribution in [3.63, 3.8) is 0 Å². The summed E-state index contributed by atoms with van der Waals surface area (Å²) >= 11 is 0. The van der Waals surface area contributed by atoms with E-state index in [0.29, 0.717) is 25.3 Å². The Hall–Kier alpha value is -1.28. The molecular weight excluding hydrogens is 292 g/mol. The first-order valence-corrected chi connectivity index (χ1v) is 8.13. The number of likely N-dealkylation sites (N-methyl/N-ethyl adjacent to an activating group) is 1. The molecule has 0 saturated heterocycles. The van der Waals surface area contributed by atoms with Crippen LogP contribution in [0, 0.1) is 0 Å².